The molecule has 344 valence electrons. The van der Waals surface area contributed by atoms with Gasteiger partial charge in [-0.05, 0) is 61.2 Å². The third kappa shape index (κ3) is 11.8. The summed E-state index contributed by atoms with van der Waals surface area (Å²) in [5.74, 6) is -4.24. The van der Waals surface area contributed by atoms with Gasteiger partial charge in [0.25, 0.3) is 23.6 Å². The van der Waals surface area contributed by atoms with Gasteiger partial charge < -0.3 is 26.0 Å². The number of imide groups is 2. The Labute approximate surface area is 384 Å². The van der Waals surface area contributed by atoms with Crippen molar-refractivity contribution in [3.05, 3.63) is 124 Å². The van der Waals surface area contributed by atoms with Crippen LogP contribution in [0.15, 0.2) is 96.6 Å². The molecule has 20 heteroatoms. The summed E-state index contributed by atoms with van der Waals surface area (Å²) in [5.41, 5.74) is 4.05. The Hall–Kier alpha value is -7.03. The van der Waals surface area contributed by atoms with Gasteiger partial charge in [-0.15, -0.1) is 11.3 Å². The molecule has 1 saturated heterocycles. The van der Waals surface area contributed by atoms with Crippen LogP contribution in [0.1, 0.15) is 85.5 Å². The fourth-order valence-electron chi connectivity index (χ4n) is 7.34. The minimum Gasteiger partial charge on any atom is -0.385 e. The molecule has 18 nitrogen and oxygen atoms in total. The number of aromatic nitrogens is 2. The number of amides is 7. The van der Waals surface area contributed by atoms with Crippen molar-refractivity contribution in [3.63, 3.8) is 0 Å². The SMILES string of the molecule is CS(=O)(=O)n1ccc(C(=O)NCC(COCc2ccc(C(=O)NCCCCCCNc3ccc4c(c3)C(=O)N(C3CCC(=O)NC3=O)C4=O)cc2)C(=O)Nc2nc(-c3ccccc3)cs2)c1. The molecular weight excluding hydrogens is 889 g/mol. The van der Waals surface area contributed by atoms with Gasteiger partial charge in [-0.25, -0.2) is 13.4 Å². The molecular formula is C46H48N8O10S2. The largest absolute Gasteiger partial charge is 0.385 e. The average molecular weight is 937 g/mol. The molecule has 0 bridgehead atoms. The molecule has 66 heavy (non-hydrogen) atoms. The predicted molar refractivity (Wildman–Crippen MR) is 245 cm³/mol. The number of nitrogens with one attached hydrogen (secondary N) is 5. The number of thiazole rings is 1. The fraction of sp³-hybridized carbons (Fsp3) is 0.304. The Balaban J connectivity index is 0.819. The number of ether oxygens (including phenoxy) is 1. The number of benzene rings is 3. The van der Waals surface area contributed by atoms with Crippen LogP contribution in [-0.2, 0) is 35.8 Å². The summed E-state index contributed by atoms with van der Waals surface area (Å²) in [7, 11) is -3.58. The Morgan fingerprint density at radius 2 is 1.59 bits per heavy atom. The van der Waals surface area contributed by atoms with Crippen LogP contribution in [0.2, 0.25) is 0 Å². The standard InChI is InChI=1S/C46H48N8O10S2/c1-66(62,63)53-22-19-32(25-53)41(57)49-24-33(42(58)52-46-50-37(28-65-46)30-9-5-4-6-10-30)27-64-26-29-11-13-31(14-12-29)40(56)48-21-8-3-2-7-20-47-34-15-16-35-36(23-34)45(61)54(44(35)60)38-17-18-39(55)51-43(38)59/h4-6,9-16,19,22-23,25,28,33,38,47H,2-3,7-8,17-18,20-21,24,26-27H2,1H3,(H,48,56)(H,49,57)(H,50,52,58)(H,51,55,59). The maximum absolute atomic E-state index is 13.5. The molecule has 2 aliphatic heterocycles. The molecule has 2 aromatic heterocycles. The highest BCUT2D eigenvalue weighted by molar-refractivity contribution is 7.89. The van der Waals surface area contributed by atoms with E-state index in [-0.39, 0.29) is 55.2 Å². The van der Waals surface area contributed by atoms with Gasteiger partial charge in [-0.2, -0.15) is 0 Å². The number of fused-ring (bicyclic) bond motifs is 1. The van der Waals surface area contributed by atoms with Gasteiger partial charge in [0.2, 0.25) is 27.7 Å². The molecule has 7 rings (SSSR count). The summed E-state index contributed by atoms with van der Waals surface area (Å²) in [6.07, 6.45) is 6.98. The van der Waals surface area contributed by atoms with E-state index in [0.29, 0.717) is 35.2 Å². The van der Waals surface area contributed by atoms with Gasteiger partial charge in [0.05, 0.1) is 47.8 Å². The molecule has 7 amide bonds. The van der Waals surface area contributed by atoms with E-state index in [0.717, 1.165) is 51.9 Å². The van der Waals surface area contributed by atoms with E-state index in [9.17, 15) is 42.0 Å². The van der Waals surface area contributed by atoms with Gasteiger partial charge in [0.15, 0.2) is 5.13 Å². The number of carbonyl (C=O) groups excluding carboxylic acids is 7. The monoisotopic (exact) mass is 936 g/mol. The molecule has 5 N–H and O–H groups in total. The zero-order chi connectivity index (χ0) is 46.8. The van der Waals surface area contributed by atoms with Crippen LogP contribution in [0.4, 0.5) is 10.8 Å². The number of nitrogens with zero attached hydrogens (tertiary/aromatic N) is 3. The molecule has 2 aliphatic rings. The lowest BCUT2D eigenvalue weighted by Gasteiger charge is -2.27. The van der Waals surface area contributed by atoms with Crippen LogP contribution in [-0.4, -0.2) is 102 Å². The highest BCUT2D eigenvalue weighted by Crippen LogP contribution is 2.30. The Morgan fingerprint density at radius 3 is 2.32 bits per heavy atom. The third-order valence-corrected chi connectivity index (χ3v) is 12.7. The lowest BCUT2D eigenvalue weighted by molar-refractivity contribution is -0.136. The summed E-state index contributed by atoms with van der Waals surface area (Å²) in [5, 5.41) is 16.1. The second-order valence-electron chi connectivity index (χ2n) is 15.8. The third-order valence-electron chi connectivity index (χ3n) is 11.0. The molecule has 1 fully saturated rings. The summed E-state index contributed by atoms with van der Waals surface area (Å²) in [6.45, 7) is 1.04. The van der Waals surface area contributed by atoms with Gasteiger partial charge in [-0.1, -0.05) is 55.3 Å². The molecule has 2 atom stereocenters. The first-order valence-electron chi connectivity index (χ1n) is 21.3. The maximum atomic E-state index is 13.5. The minimum absolute atomic E-state index is 0.0552. The van der Waals surface area contributed by atoms with Crippen molar-refractivity contribution in [2.24, 2.45) is 5.92 Å². The zero-order valence-corrected chi connectivity index (χ0v) is 37.5. The van der Waals surface area contributed by atoms with Crippen molar-refractivity contribution in [1.82, 2.24) is 29.8 Å². The first-order chi connectivity index (χ1) is 31.7. The second-order valence-corrected chi connectivity index (χ2v) is 18.6. The van der Waals surface area contributed by atoms with Crippen LogP contribution >= 0.6 is 11.3 Å². The number of carbonyl (C=O) groups is 7. The molecule has 4 heterocycles. The van der Waals surface area contributed by atoms with Crippen molar-refractivity contribution in [2.45, 2.75) is 51.2 Å². The molecule has 2 unspecified atom stereocenters. The van der Waals surface area contributed by atoms with Gasteiger partial charge in [0.1, 0.15) is 6.04 Å². The Morgan fingerprint density at radius 1 is 0.864 bits per heavy atom. The molecule has 0 spiro atoms. The fourth-order valence-corrected chi connectivity index (χ4v) is 8.65. The van der Waals surface area contributed by atoms with Crippen LogP contribution < -0.4 is 26.6 Å². The lowest BCUT2D eigenvalue weighted by atomic mass is 10.0. The molecule has 0 saturated carbocycles. The van der Waals surface area contributed by atoms with E-state index in [2.05, 4.69) is 31.6 Å². The van der Waals surface area contributed by atoms with Crippen LogP contribution in [0.5, 0.6) is 0 Å². The predicted octanol–water partition coefficient (Wildman–Crippen LogP) is 4.42. The summed E-state index contributed by atoms with van der Waals surface area (Å²) >= 11 is 1.26. The lowest BCUT2D eigenvalue weighted by Crippen LogP contribution is -2.54. The number of rotatable bonds is 21. The summed E-state index contributed by atoms with van der Waals surface area (Å²) < 4.78 is 30.6. The summed E-state index contributed by atoms with van der Waals surface area (Å²) in [4.78, 5) is 94.7. The van der Waals surface area contributed by atoms with Crippen LogP contribution in [0, 0.1) is 5.92 Å². The van der Waals surface area contributed by atoms with Crippen LogP contribution in [0.25, 0.3) is 11.3 Å². The quantitative estimate of drug-likeness (QED) is 0.0507. The van der Waals surface area contributed by atoms with E-state index in [4.69, 9.17) is 4.74 Å². The van der Waals surface area contributed by atoms with E-state index < -0.39 is 57.4 Å². The topological polar surface area (TPSA) is 244 Å². The number of hydrogen-bond donors (Lipinski definition) is 5. The average Bonchev–Trinajstić information content (AvgIpc) is 4.05. The second kappa shape index (κ2) is 21.3. The molecule has 3 aromatic carbocycles. The smallest absolute Gasteiger partial charge is 0.262 e. The van der Waals surface area contributed by atoms with Crippen molar-refractivity contribution in [2.75, 3.05) is 43.1 Å². The molecule has 0 radical (unpaired) electrons. The first-order valence-corrected chi connectivity index (χ1v) is 24.0. The van der Waals surface area contributed by atoms with Crippen molar-refractivity contribution >= 4 is 73.5 Å². The highest BCUT2D eigenvalue weighted by atomic mass is 32.2. The van der Waals surface area contributed by atoms with Crippen molar-refractivity contribution < 1.29 is 46.7 Å². The van der Waals surface area contributed by atoms with Crippen molar-refractivity contribution in [1.29, 1.82) is 0 Å². The number of unbranched alkanes of at least 4 members (excludes halogenated alkanes) is 3. The minimum atomic E-state index is -3.58. The number of piperidine rings is 1. The van der Waals surface area contributed by atoms with E-state index in [1.807, 2.05) is 35.7 Å². The van der Waals surface area contributed by atoms with Gasteiger partial charge >= 0.3 is 0 Å². The maximum Gasteiger partial charge on any atom is 0.262 e. The number of hydrogen-bond acceptors (Lipinski definition) is 13. The van der Waals surface area contributed by atoms with E-state index in [1.165, 1.54) is 29.8 Å². The normalized spacial score (nSPS) is 15.2. The van der Waals surface area contributed by atoms with E-state index >= 15 is 0 Å². The summed E-state index contributed by atoms with van der Waals surface area (Å²) in [6, 6.07) is 21.7. The van der Waals surface area contributed by atoms with E-state index in [1.54, 1.807) is 42.5 Å². The highest BCUT2D eigenvalue weighted by Gasteiger charge is 2.44. The van der Waals surface area contributed by atoms with Crippen molar-refractivity contribution in [3.8, 4) is 11.3 Å². The zero-order valence-electron chi connectivity index (χ0n) is 35.9. The van der Waals surface area contributed by atoms with Gasteiger partial charge in [-0.3, -0.25) is 47.8 Å². The van der Waals surface area contributed by atoms with Gasteiger partial charge in [0, 0.05) is 60.6 Å². The Bertz CT molecular complexity index is 2740. The first kappa shape index (κ1) is 46.9. The number of anilines is 2. The van der Waals surface area contributed by atoms with Crippen LogP contribution in [0.3, 0.4) is 0 Å². The molecule has 5 aromatic rings. The Kier molecular flexibility index (Phi) is 15.2. The molecule has 0 aliphatic carbocycles.